The minimum absolute atomic E-state index is 0. The Labute approximate surface area is 128 Å². The predicted octanol–water partition coefficient (Wildman–Crippen LogP) is 3.41. The SMILES string of the molecule is Cc1cccc(NCC2=NCCN2CC(F)(F)F)c1C.Cl. The highest BCUT2D eigenvalue weighted by atomic mass is 35.5. The Hall–Kier alpha value is -1.43. The highest BCUT2D eigenvalue weighted by Crippen LogP contribution is 2.20. The van der Waals surface area contributed by atoms with Crippen molar-refractivity contribution in [2.45, 2.75) is 20.0 Å². The van der Waals surface area contributed by atoms with Crippen LogP contribution in [-0.2, 0) is 0 Å². The van der Waals surface area contributed by atoms with Gasteiger partial charge in [-0.15, -0.1) is 12.4 Å². The molecular weight excluding hydrogens is 303 g/mol. The summed E-state index contributed by atoms with van der Waals surface area (Å²) in [7, 11) is 0. The molecule has 0 saturated carbocycles. The predicted molar refractivity (Wildman–Crippen MR) is 81.6 cm³/mol. The van der Waals surface area contributed by atoms with Crippen molar-refractivity contribution in [1.29, 1.82) is 0 Å². The van der Waals surface area contributed by atoms with Crippen molar-refractivity contribution >= 4 is 23.9 Å². The number of anilines is 1. The van der Waals surface area contributed by atoms with Gasteiger partial charge in [0.05, 0.1) is 13.1 Å². The smallest absolute Gasteiger partial charge is 0.378 e. The van der Waals surface area contributed by atoms with Crippen LogP contribution in [0.4, 0.5) is 18.9 Å². The lowest BCUT2D eigenvalue weighted by atomic mass is 10.1. The number of halogens is 4. The number of alkyl halides is 3. The van der Waals surface area contributed by atoms with Gasteiger partial charge in [-0.1, -0.05) is 12.1 Å². The Morgan fingerprint density at radius 2 is 2.00 bits per heavy atom. The van der Waals surface area contributed by atoms with Crippen LogP contribution in [0.15, 0.2) is 23.2 Å². The lowest BCUT2D eigenvalue weighted by molar-refractivity contribution is -0.137. The molecule has 0 bridgehead atoms. The van der Waals surface area contributed by atoms with Crippen LogP contribution in [0.25, 0.3) is 0 Å². The first kappa shape index (κ1) is 17.6. The minimum atomic E-state index is -4.19. The Balaban J connectivity index is 0.00000220. The number of amidine groups is 1. The molecule has 0 radical (unpaired) electrons. The second-order valence-corrected chi connectivity index (χ2v) is 4.94. The van der Waals surface area contributed by atoms with E-state index in [2.05, 4.69) is 10.3 Å². The van der Waals surface area contributed by atoms with Crippen LogP contribution in [0.3, 0.4) is 0 Å². The Kier molecular flexibility index (Phi) is 5.89. The second kappa shape index (κ2) is 7.02. The molecule has 0 saturated heterocycles. The molecule has 0 spiro atoms. The monoisotopic (exact) mass is 321 g/mol. The first-order chi connectivity index (χ1) is 9.37. The molecule has 118 valence electrons. The highest BCUT2D eigenvalue weighted by molar-refractivity contribution is 5.88. The van der Waals surface area contributed by atoms with E-state index >= 15 is 0 Å². The van der Waals surface area contributed by atoms with E-state index in [0.29, 0.717) is 25.5 Å². The normalized spacial score (nSPS) is 14.7. The standard InChI is InChI=1S/C14H18F3N3.ClH/c1-10-4-3-5-12(11(10)2)19-8-13-18-6-7-20(13)9-14(15,16)17;/h3-5,19H,6-9H2,1-2H3;1H. The summed E-state index contributed by atoms with van der Waals surface area (Å²) >= 11 is 0. The van der Waals surface area contributed by atoms with Crippen LogP contribution in [0.1, 0.15) is 11.1 Å². The topological polar surface area (TPSA) is 27.6 Å². The average Bonchev–Trinajstić information content (AvgIpc) is 2.76. The van der Waals surface area contributed by atoms with Gasteiger partial charge < -0.3 is 10.2 Å². The Morgan fingerprint density at radius 1 is 1.29 bits per heavy atom. The molecule has 1 aromatic rings. The summed E-state index contributed by atoms with van der Waals surface area (Å²) in [5.41, 5.74) is 3.19. The molecule has 7 heteroatoms. The van der Waals surface area contributed by atoms with Gasteiger partial charge in [0.2, 0.25) is 0 Å². The van der Waals surface area contributed by atoms with Crippen molar-refractivity contribution in [2.75, 3.05) is 31.5 Å². The van der Waals surface area contributed by atoms with Crippen LogP contribution < -0.4 is 5.32 Å². The van der Waals surface area contributed by atoms with Crippen molar-refractivity contribution in [3.05, 3.63) is 29.3 Å². The molecule has 1 N–H and O–H groups in total. The van der Waals surface area contributed by atoms with Gasteiger partial charge in [-0.05, 0) is 31.0 Å². The third kappa shape index (κ3) is 4.81. The first-order valence-electron chi connectivity index (χ1n) is 6.52. The summed E-state index contributed by atoms with van der Waals surface area (Å²) < 4.78 is 37.3. The van der Waals surface area contributed by atoms with E-state index in [9.17, 15) is 13.2 Å². The quantitative estimate of drug-likeness (QED) is 0.920. The van der Waals surface area contributed by atoms with Crippen molar-refractivity contribution in [2.24, 2.45) is 4.99 Å². The van der Waals surface area contributed by atoms with Gasteiger partial charge in [-0.25, -0.2) is 0 Å². The van der Waals surface area contributed by atoms with Crippen LogP contribution in [0.5, 0.6) is 0 Å². The average molecular weight is 322 g/mol. The number of nitrogens with zero attached hydrogens (tertiary/aromatic N) is 2. The zero-order valence-electron chi connectivity index (χ0n) is 12.0. The molecule has 21 heavy (non-hydrogen) atoms. The van der Waals surface area contributed by atoms with Crippen molar-refractivity contribution in [3.8, 4) is 0 Å². The molecule has 0 aliphatic carbocycles. The molecule has 3 nitrogen and oxygen atoms in total. The molecule has 1 aliphatic heterocycles. The van der Waals surface area contributed by atoms with E-state index in [1.54, 1.807) is 0 Å². The molecule has 0 unspecified atom stereocenters. The van der Waals surface area contributed by atoms with Gasteiger partial charge in [0.15, 0.2) is 0 Å². The number of rotatable bonds is 4. The largest absolute Gasteiger partial charge is 0.405 e. The van der Waals surface area contributed by atoms with E-state index < -0.39 is 12.7 Å². The number of aliphatic imine (C=N–C) groups is 1. The molecule has 1 heterocycles. The van der Waals surface area contributed by atoms with Crippen molar-refractivity contribution in [3.63, 3.8) is 0 Å². The summed E-state index contributed by atoms with van der Waals surface area (Å²) in [6.07, 6.45) is -4.19. The second-order valence-electron chi connectivity index (χ2n) is 4.94. The van der Waals surface area contributed by atoms with E-state index in [-0.39, 0.29) is 12.4 Å². The van der Waals surface area contributed by atoms with Gasteiger partial charge in [-0.3, -0.25) is 4.99 Å². The molecule has 1 aromatic carbocycles. The molecular formula is C14H19ClF3N3. The fraction of sp³-hybridized carbons (Fsp3) is 0.500. The highest BCUT2D eigenvalue weighted by Gasteiger charge is 2.33. The summed E-state index contributed by atoms with van der Waals surface area (Å²) in [5, 5.41) is 3.17. The maximum absolute atomic E-state index is 12.4. The number of hydrogen-bond donors (Lipinski definition) is 1. The number of aryl methyl sites for hydroxylation is 1. The maximum atomic E-state index is 12.4. The van der Waals surface area contributed by atoms with Crippen LogP contribution in [-0.4, -0.2) is 43.1 Å². The summed E-state index contributed by atoms with van der Waals surface area (Å²) in [6, 6.07) is 5.85. The van der Waals surface area contributed by atoms with E-state index in [1.165, 1.54) is 4.90 Å². The lowest BCUT2D eigenvalue weighted by Gasteiger charge is -2.22. The molecule has 0 aromatic heterocycles. The molecule has 0 fully saturated rings. The Bertz CT molecular complexity index is 515. The maximum Gasteiger partial charge on any atom is 0.405 e. The van der Waals surface area contributed by atoms with Crippen LogP contribution in [0.2, 0.25) is 0 Å². The van der Waals surface area contributed by atoms with Gasteiger partial charge in [0.1, 0.15) is 12.4 Å². The van der Waals surface area contributed by atoms with Crippen LogP contribution >= 0.6 is 12.4 Å². The lowest BCUT2D eigenvalue weighted by Crippen LogP contribution is -2.39. The Morgan fingerprint density at radius 3 is 2.67 bits per heavy atom. The number of hydrogen-bond acceptors (Lipinski definition) is 3. The van der Waals surface area contributed by atoms with E-state index in [1.807, 2.05) is 32.0 Å². The first-order valence-corrected chi connectivity index (χ1v) is 6.52. The molecule has 1 aliphatic rings. The van der Waals surface area contributed by atoms with Gasteiger partial charge >= 0.3 is 6.18 Å². The zero-order valence-corrected chi connectivity index (χ0v) is 12.8. The molecule has 2 rings (SSSR count). The fourth-order valence-electron chi connectivity index (χ4n) is 2.20. The minimum Gasteiger partial charge on any atom is -0.378 e. The van der Waals surface area contributed by atoms with Gasteiger partial charge in [0, 0.05) is 12.2 Å². The number of benzene rings is 1. The van der Waals surface area contributed by atoms with Crippen molar-refractivity contribution in [1.82, 2.24) is 4.90 Å². The van der Waals surface area contributed by atoms with Gasteiger partial charge in [-0.2, -0.15) is 13.2 Å². The number of nitrogens with one attached hydrogen (secondary N) is 1. The van der Waals surface area contributed by atoms with E-state index in [4.69, 9.17) is 0 Å². The third-order valence-corrected chi connectivity index (χ3v) is 3.44. The summed E-state index contributed by atoms with van der Waals surface area (Å²) in [6.45, 7) is 4.15. The third-order valence-electron chi connectivity index (χ3n) is 3.44. The van der Waals surface area contributed by atoms with E-state index in [0.717, 1.165) is 16.8 Å². The van der Waals surface area contributed by atoms with Crippen LogP contribution in [0, 0.1) is 13.8 Å². The van der Waals surface area contributed by atoms with Gasteiger partial charge in [0.25, 0.3) is 0 Å². The molecule has 0 amide bonds. The fourth-order valence-corrected chi connectivity index (χ4v) is 2.20. The summed E-state index contributed by atoms with van der Waals surface area (Å²) in [5.74, 6) is 0.475. The van der Waals surface area contributed by atoms with Crippen molar-refractivity contribution < 1.29 is 13.2 Å². The molecule has 0 atom stereocenters. The summed E-state index contributed by atoms with van der Waals surface area (Å²) in [4.78, 5) is 5.44. The zero-order chi connectivity index (χ0) is 14.8.